The number of benzene rings is 3. The highest BCUT2D eigenvalue weighted by atomic mass is 16.7. The summed E-state index contributed by atoms with van der Waals surface area (Å²) in [5, 5.41) is 14.7. The Labute approximate surface area is 241 Å². The van der Waals surface area contributed by atoms with Crippen LogP contribution < -0.4 is 10.6 Å². The van der Waals surface area contributed by atoms with Crippen molar-refractivity contribution >= 4 is 12.0 Å². The fourth-order valence-electron chi connectivity index (χ4n) is 4.74. The van der Waals surface area contributed by atoms with Crippen LogP contribution in [0.2, 0.25) is 0 Å². The molecule has 9 heteroatoms. The molecule has 1 fully saturated rings. The van der Waals surface area contributed by atoms with Crippen molar-refractivity contribution in [1.29, 1.82) is 0 Å². The standard InChI is InChI=1S/C32H39N3O6/c1-3-39-30(37)19-34-32(38)33-18-23-9-15-27(16-10-23)31-40-28(21-35(2)20-24-7-5-4-6-8-24)17-29(41-31)26-13-11-25(22-36)12-14-26/h4-16,28-29,31,36H,3,17-22H2,1-2H3,(H2,33,34,38)/t28-,29+,31+/m1/s1. The van der Waals surface area contributed by atoms with E-state index >= 15 is 0 Å². The first kappa shape index (κ1) is 30.2. The van der Waals surface area contributed by atoms with Gasteiger partial charge in [-0.3, -0.25) is 9.69 Å². The number of hydrogen-bond donors (Lipinski definition) is 3. The molecule has 41 heavy (non-hydrogen) atoms. The molecule has 3 N–H and O–H groups in total. The number of rotatable bonds is 12. The van der Waals surface area contributed by atoms with Gasteiger partial charge >= 0.3 is 12.0 Å². The van der Waals surface area contributed by atoms with Gasteiger partial charge in [0.2, 0.25) is 0 Å². The molecule has 1 aliphatic heterocycles. The Bertz CT molecular complexity index is 1240. The van der Waals surface area contributed by atoms with Crippen molar-refractivity contribution in [2.24, 2.45) is 0 Å². The maximum atomic E-state index is 12.0. The van der Waals surface area contributed by atoms with Gasteiger partial charge in [-0.2, -0.15) is 0 Å². The van der Waals surface area contributed by atoms with Crippen LogP contribution in [0.1, 0.15) is 53.6 Å². The maximum absolute atomic E-state index is 12.0. The van der Waals surface area contributed by atoms with E-state index in [2.05, 4.69) is 34.7 Å². The first-order valence-electron chi connectivity index (χ1n) is 13.9. The Kier molecular flexibility index (Phi) is 11.3. The molecule has 0 unspecified atom stereocenters. The van der Waals surface area contributed by atoms with Gasteiger partial charge in [0.15, 0.2) is 6.29 Å². The second kappa shape index (κ2) is 15.3. The normalized spacial score (nSPS) is 18.6. The van der Waals surface area contributed by atoms with Crippen LogP contribution in [-0.4, -0.2) is 54.9 Å². The summed E-state index contributed by atoms with van der Waals surface area (Å²) in [7, 11) is 2.09. The van der Waals surface area contributed by atoms with E-state index in [0.29, 0.717) is 13.0 Å². The number of esters is 1. The molecular weight excluding hydrogens is 522 g/mol. The molecule has 3 aromatic rings. The van der Waals surface area contributed by atoms with E-state index in [1.165, 1.54) is 5.56 Å². The summed E-state index contributed by atoms with van der Waals surface area (Å²) in [5.41, 5.74) is 4.92. The lowest BCUT2D eigenvalue weighted by atomic mass is 9.99. The van der Waals surface area contributed by atoms with Crippen LogP contribution in [0.3, 0.4) is 0 Å². The van der Waals surface area contributed by atoms with Crippen LogP contribution in [0.4, 0.5) is 4.79 Å². The van der Waals surface area contributed by atoms with E-state index in [1.807, 2.05) is 66.7 Å². The second-order valence-electron chi connectivity index (χ2n) is 10.1. The summed E-state index contributed by atoms with van der Waals surface area (Å²) < 4.78 is 17.7. The van der Waals surface area contributed by atoms with Gasteiger partial charge in [0.25, 0.3) is 0 Å². The average molecular weight is 562 g/mol. The van der Waals surface area contributed by atoms with Crippen molar-refractivity contribution in [1.82, 2.24) is 15.5 Å². The Balaban J connectivity index is 1.40. The lowest BCUT2D eigenvalue weighted by Crippen LogP contribution is -2.38. The Morgan fingerprint density at radius 2 is 1.59 bits per heavy atom. The molecule has 0 aromatic heterocycles. The van der Waals surface area contributed by atoms with Crippen molar-refractivity contribution in [2.45, 2.75) is 51.5 Å². The number of aliphatic hydroxyl groups is 1. The van der Waals surface area contributed by atoms with E-state index in [0.717, 1.165) is 35.3 Å². The minimum Gasteiger partial charge on any atom is -0.465 e. The number of aliphatic hydroxyl groups excluding tert-OH is 1. The van der Waals surface area contributed by atoms with Crippen LogP contribution in [0, 0.1) is 0 Å². The van der Waals surface area contributed by atoms with Gasteiger partial charge in [-0.15, -0.1) is 0 Å². The van der Waals surface area contributed by atoms with Crippen molar-refractivity contribution in [3.8, 4) is 0 Å². The smallest absolute Gasteiger partial charge is 0.325 e. The number of hydrogen-bond acceptors (Lipinski definition) is 7. The van der Waals surface area contributed by atoms with E-state index in [4.69, 9.17) is 14.2 Å². The van der Waals surface area contributed by atoms with Crippen molar-refractivity contribution in [2.75, 3.05) is 26.7 Å². The fourth-order valence-corrected chi connectivity index (χ4v) is 4.74. The number of likely N-dealkylation sites (N-methyl/N-ethyl adjacent to an activating group) is 1. The van der Waals surface area contributed by atoms with Crippen molar-refractivity contribution < 1.29 is 28.9 Å². The first-order chi connectivity index (χ1) is 19.9. The zero-order valence-electron chi connectivity index (χ0n) is 23.6. The van der Waals surface area contributed by atoms with Gasteiger partial charge in [0.05, 0.1) is 25.4 Å². The molecule has 3 atom stereocenters. The number of nitrogens with one attached hydrogen (secondary N) is 2. The molecule has 2 amide bonds. The summed E-state index contributed by atoms with van der Waals surface area (Å²) in [4.78, 5) is 25.7. The molecule has 9 nitrogen and oxygen atoms in total. The molecule has 1 saturated heterocycles. The largest absolute Gasteiger partial charge is 0.465 e. The zero-order chi connectivity index (χ0) is 29.0. The van der Waals surface area contributed by atoms with E-state index in [9.17, 15) is 14.7 Å². The third kappa shape index (κ3) is 9.40. The molecule has 1 heterocycles. The zero-order valence-corrected chi connectivity index (χ0v) is 23.6. The number of amides is 2. The van der Waals surface area contributed by atoms with Crippen LogP contribution >= 0.6 is 0 Å². The molecule has 1 aliphatic rings. The second-order valence-corrected chi connectivity index (χ2v) is 10.1. The van der Waals surface area contributed by atoms with E-state index in [-0.39, 0.29) is 32.0 Å². The number of carbonyl (C=O) groups is 2. The molecule has 0 bridgehead atoms. The molecule has 218 valence electrons. The monoisotopic (exact) mass is 561 g/mol. The molecule has 0 spiro atoms. The molecule has 4 rings (SSSR count). The third-order valence-electron chi connectivity index (χ3n) is 6.83. The van der Waals surface area contributed by atoms with Crippen LogP contribution in [-0.2, 0) is 38.7 Å². The minimum absolute atomic E-state index is 0.00128. The molecule has 3 aromatic carbocycles. The van der Waals surface area contributed by atoms with Gasteiger partial charge in [-0.05, 0) is 36.2 Å². The maximum Gasteiger partial charge on any atom is 0.325 e. The summed E-state index contributed by atoms with van der Waals surface area (Å²) in [6.07, 6.45) is -0.0800. The van der Waals surface area contributed by atoms with E-state index in [1.54, 1.807) is 6.92 Å². The molecule has 0 aliphatic carbocycles. The Morgan fingerprint density at radius 1 is 0.902 bits per heavy atom. The van der Waals surface area contributed by atoms with Gasteiger partial charge < -0.3 is 30.0 Å². The van der Waals surface area contributed by atoms with Gasteiger partial charge in [-0.1, -0.05) is 78.9 Å². The predicted octanol–water partition coefficient (Wildman–Crippen LogP) is 4.22. The summed E-state index contributed by atoms with van der Waals surface area (Å²) >= 11 is 0. The topological polar surface area (TPSA) is 109 Å². The number of urea groups is 1. The Morgan fingerprint density at radius 3 is 2.27 bits per heavy atom. The highest BCUT2D eigenvalue weighted by molar-refractivity contribution is 5.80. The number of nitrogens with zero attached hydrogens (tertiary/aromatic N) is 1. The molecular formula is C32H39N3O6. The quantitative estimate of drug-likeness (QED) is 0.284. The minimum atomic E-state index is -0.559. The number of ether oxygens (including phenoxy) is 3. The first-order valence-corrected chi connectivity index (χ1v) is 13.9. The highest BCUT2D eigenvalue weighted by Crippen LogP contribution is 2.38. The van der Waals surface area contributed by atoms with Crippen LogP contribution in [0.15, 0.2) is 78.9 Å². The SMILES string of the molecule is CCOC(=O)CNC(=O)NCc1ccc([C@H]2O[C@@H](CN(C)Cc3ccccc3)C[C@@H](c3ccc(CO)cc3)O2)cc1. The van der Waals surface area contributed by atoms with Crippen molar-refractivity contribution in [3.05, 3.63) is 107 Å². The summed E-state index contributed by atoms with van der Waals surface area (Å²) in [6, 6.07) is 25.5. The summed E-state index contributed by atoms with van der Waals surface area (Å²) in [5.74, 6) is -0.480. The van der Waals surface area contributed by atoms with Gasteiger partial charge in [-0.25, -0.2) is 4.79 Å². The fraction of sp³-hybridized carbons (Fsp3) is 0.375. The van der Waals surface area contributed by atoms with E-state index < -0.39 is 18.3 Å². The lowest BCUT2D eigenvalue weighted by molar-refractivity contribution is -0.252. The predicted molar refractivity (Wildman–Crippen MR) is 155 cm³/mol. The van der Waals surface area contributed by atoms with Crippen LogP contribution in [0.25, 0.3) is 0 Å². The highest BCUT2D eigenvalue weighted by Gasteiger charge is 2.32. The van der Waals surface area contributed by atoms with Crippen LogP contribution in [0.5, 0.6) is 0 Å². The Hall–Kier alpha value is -3.76. The number of carbonyl (C=O) groups excluding carboxylic acids is 2. The molecule has 0 saturated carbocycles. The third-order valence-corrected chi connectivity index (χ3v) is 6.83. The van der Waals surface area contributed by atoms with Crippen molar-refractivity contribution in [3.63, 3.8) is 0 Å². The van der Waals surface area contributed by atoms with Gasteiger partial charge in [0.1, 0.15) is 6.54 Å². The molecule has 0 radical (unpaired) electrons. The lowest BCUT2D eigenvalue weighted by Gasteiger charge is -2.38. The van der Waals surface area contributed by atoms with Gasteiger partial charge in [0, 0.05) is 31.6 Å². The average Bonchev–Trinajstić information content (AvgIpc) is 2.99. The summed E-state index contributed by atoms with van der Waals surface area (Å²) in [6.45, 7) is 3.66.